The lowest BCUT2D eigenvalue weighted by Gasteiger charge is -2.30. The predicted molar refractivity (Wildman–Crippen MR) is 165 cm³/mol. The third-order valence-electron chi connectivity index (χ3n) is 7.87. The van der Waals surface area contributed by atoms with Crippen LogP contribution in [0.25, 0.3) is 0 Å². The van der Waals surface area contributed by atoms with Crippen molar-refractivity contribution < 1.29 is 14.6 Å². The number of nitrogens with zero attached hydrogens (tertiary/aromatic N) is 4. The lowest BCUT2D eigenvalue weighted by atomic mass is 10.1. The van der Waals surface area contributed by atoms with E-state index in [4.69, 9.17) is 23.2 Å². The van der Waals surface area contributed by atoms with Gasteiger partial charge in [0.2, 0.25) is 22.6 Å². The summed E-state index contributed by atoms with van der Waals surface area (Å²) in [6.07, 6.45) is 2.52. The molecule has 0 bridgehead atoms. The quantitative estimate of drug-likeness (QED) is 0.298. The molecule has 43 heavy (non-hydrogen) atoms. The molecule has 0 aliphatic carbocycles. The first-order valence-corrected chi connectivity index (χ1v) is 14.9. The number of aromatic hydroxyl groups is 2. The molecule has 2 aliphatic rings. The molecule has 0 saturated heterocycles. The summed E-state index contributed by atoms with van der Waals surface area (Å²) < 4.78 is 17.1. The van der Waals surface area contributed by atoms with Gasteiger partial charge in [-0.05, 0) is 29.2 Å². The van der Waals surface area contributed by atoms with E-state index in [1.165, 1.54) is 28.0 Å². The average molecular weight is 628 g/mol. The van der Waals surface area contributed by atoms with Gasteiger partial charge < -0.3 is 19.3 Å². The topological polar surface area (TPSA) is 90.9 Å². The molecule has 0 amide bonds. The van der Waals surface area contributed by atoms with E-state index < -0.39 is 22.6 Å². The zero-order valence-electron chi connectivity index (χ0n) is 23.8. The Bertz CT molecular complexity index is 1740. The molecule has 0 atom stereocenters. The van der Waals surface area contributed by atoms with Crippen LogP contribution >= 0.6 is 23.2 Å². The molecule has 0 saturated carbocycles. The van der Waals surface area contributed by atoms with Crippen LogP contribution in [0, 0.1) is 5.95 Å². The van der Waals surface area contributed by atoms with Gasteiger partial charge in [0, 0.05) is 69.1 Å². The van der Waals surface area contributed by atoms with Crippen LogP contribution in [0.4, 0.5) is 4.39 Å². The molecule has 226 valence electrons. The Labute approximate surface area is 258 Å². The van der Waals surface area contributed by atoms with E-state index in [1.54, 1.807) is 0 Å². The van der Waals surface area contributed by atoms with E-state index in [-0.39, 0.29) is 10.8 Å². The normalized spacial score (nSPS) is 14.9. The van der Waals surface area contributed by atoms with E-state index in [1.807, 2.05) is 28.8 Å². The Morgan fingerprint density at radius 3 is 2.26 bits per heavy atom. The van der Waals surface area contributed by atoms with Crippen molar-refractivity contribution in [2.24, 2.45) is 0 Å². The summed E-state index contributed by atoms with van der Waals surface area (Å²) in [5.74, 6) is -1.94. The molecule has 8 nitrogen and oxygen atoms in total. The fraction of sp³-hybridized carbons (Fsp3) is 0.312. The van der Waals surface area contributed by atoms with Crippen molar-refractivity contribution >= 4 is 23.2 Å². The number of rotatable bonds is 5. The summed E-state index contributed by atoms with van der Waals surface area (Å²) in [5.41, 5.74) is 3.75. The van der Waals surface area contributed by atoms with Gasteiger partial charge in [-0.15, -0.1) is 0 Å². The van der Waals surface area contributed by atoms with Crippen molar-refractivity contribution in [3.8, 4) is 11.5 Å². The SMILES string of the molecule is CCc1ccc(CN2CCn3cc(O)c(=O)c(Cl)c3C2)cc1.O=c1cc2n(c(F)c1O)CCN(Cc1ccccc1Cl)C2. The molecule has 6 rings (SSSR count). The molecule has 4 aromatic rings. The minimum atomic E-state index is -0.852. The van der Waals surface area contributed by atoms with Crippen LogP contribution in [-0.4, -0.2) is 42.2 Å². The number of halogens is 3. The number of hydrogen-bond acceptors (Lipinski definition) is 6. The Kier molecular flexibility index (Phi) is 9.56. The van der Waals surface area contributed by atoms with Gasteiger partial charge >= 0.3 is 0 Å². The molecule has 0 radical (unpaired) electrons. The third kappa shape index (κ3) is 6.96. The van der Waals surface area contributed by atoms with Crippen LogP contribution in [0.3, 0.4) is 0 Å². The summed E-state index contributed by atoms with van der Waals surface area (Å²) in [7, 11) is 0. The van der Waals surface area contributed by atoms with Gasteiger partial charge in [-0.2, -0.15) is 4.39 Å². The second kappa shape index (κ2) is 13.3. The first-order valence-electron chi connectivity index (χ1n) is 14.1. The van der Waals surface area contributed by atoms with Crippen LogP contribution in [0.1, 0.15) is 35.0 Å². The monoisotopic (exact) mass is 626 g/mol. The molecule has 2 aromatic carbocycles. The largest absolute Gasteiger partial charge is 0.503 e. The number of hydrogen-bond donors (Lipinski definition) is 2. The minimum absolute atomic E-state index is 0.131. The highest BCUT2D eigenvalue weighted by Crippen LogP contribution is 2.24. The summed E-state index contributed by atoms with van der Waals surface area (Å²) >= 11 is 12.2. The third-order valence-corrected chi connectivity index (χ3v) is 8.62. The molecular formula is C32H33Cl2FN4O4. The Morgan fingerprint density at radius 1 is 0.860 bits per heavy atom. The molecule has 2 N–H and O–H groups in total. The summed E-state index contributed by atoms with van der Waals surface area (Å²) in [5, 5.41) is 19.8. The number of aryl methyl sites for hydroxylation is 1. The highest BCUT2D eigenvalue weighted by molar-refractivity contribution is 6.31. The van der Waals surface area contributed by atoms with Crippen molar-refractivity contribution in [1.82, 2.24) is 18.9 Å². The maximum atomic E-state index is 13.8. The van der Waals surface area contributed by atoms with Crippen molar-refractivity contribution in [1.29, 1.82) is 0 Å². The van der Waals surface area contributed by atoms with Gasteiger partial charge in [-0.3, -0.25) is 19.4 Å². The zero-order chi connectivity index (χ0) is 30.7. The number of pyridine rings is 2. The second-order valence-corrected chi connectivity index (χ2v) is 11.6. The van der Waals surface area contributed by atoms with Crippen molar-refractivity contribution in [3.63, 3.8) is 0 Å². The lowest BCUT2D eigenvalue weighted by molar-refractivity contribution is 0.198. The predicted octanol–water partition coefficient (Wildman–Crippen LogP) is 5.15. The van der Waals surface area contributed by atoms with Crippen molar-refractivity contribution in [2.75, 3.05) is 13.1 Å². The fourth-order valence-electron chi connectivity index (χ4n) is 5.41. The fourth-order valence-corrected chi connectivity index (χ4v) is 5.87. The van der Waals surface area contributed by atoms with Gasteiger partial charge in [0.25, 0.3) is 0 Å². The van der Waals surface area contributed by atoms with E-state index in [9.17, 15) is 24.2 Å². The summed E-state index contributed by atoms with van der Waals surface area (Å²) in [6, 6.07) is 17.5. The zero-order valence-corrected chi connectivity index (χ0v) is 25.3. The smallest absolute Gasteiger partial charge is 0.241 e. The molecular weight excluding hydrogens is 594 g/mol. The molecule has 0 unspecified atom stereocenters. The van der Waals surface area contributed by atoms with Gasteiger partial charge in [0.1, 0.15) is 5.02 Å². The van der Waals surface area contributed by atoms with E-state index in [0.29, 0.717) is 43.4 Å². The van der Waals surface area contributed by atoms with E-state index in [2.05, 4.69) is 41.0 Å². The van der Waals surface area contributed by atoms with Crippen molar-refractivity contribution in [2.45, 2.75) is 52.6 Å². The lowest BCUT2D eigenvalue weighted by Crippen LogP contribution is -2.36. The molecule has 2 aliphatic heterocycles. The van der Waals surface area contributed by atoms with Crippen LogP contribution in [0.2, 0.25) is 10.0 Å². The standard InChI is InChI=1S/C17H19ClN2O2.C15H14ClFN2O2/c1-2-12-3-5-13(6-4-12)9-19-7-8-20-11-15(21)17(22)16(18)14(20)10-19;16-12-4-2-1-3-10(12)8-18-5-6-19-11(9-18)7-13(20)14(21)15(19)17/h3-6,11,21H,2,7-10H2,1H3;1-4,7,21H,5-6,8-9H2. The van der Waals surface area contributed by atoms with E-state index >= 15 is 0 Å². The molecule has 4 heterocycles. The van der Waals surface area contributed by atoms with Gasteiger partial charge in [0.15, 0.2) is 5.75 Å². The maximum Gasteiger partial charge on any atom is 0.241 e. The Morgan fingerprint density at radius 2 is 1.53 bits per heavy atom. The Hall–Kier alpha value is -3.63. The highest BCUT2D eigenvalue weighted by atomic mass is 35.5. The van der Waals surface area contributed by atoms with Crippen LogP contribution < -0.4 is 10.9 Å². The van der Waals surface area contributed by atoms with Crippen molar-refractivity contribution in [3.05, 3.63) is 125 Å². The first-order chi connectivity index (χ1) is 20.6. The molecule has 2 aromatic heterocycles. The summed E-state index contributed by atoms with van der Waals surface area (Å²) in [6.45, 7) is 7.26. The Balaban J connectivity index is 0.000000171. The number of fused-ring (bicyclic) bond motifs is 2. The van der Waals surface area contributed by atoms with Crippen LogP contribution in [-0.2, 0) is 45.7 Å². The minimum Gasteiger partial charge on any atom is -0.503 e. The summed E-state index contributed by atoms with van der Waals surface area (Å²) in [4.78, 5) is 27.6. The molecule has 0 spiro atoms. The average Bonchev–Trinajstić information content (AvgIpc) is 3.01. The highest BCUT2D eigenvalue weighted by Gasteiger charge is 2.23. The van der Waals surface area contributed by atoms with Gasteiger partial charge in [-0.25, -0.2) is 0 Å². The van der Waals surface area contributed by atoms with Crippen LogP contribution in [0.5, 0.6) is 11.5 Å². The second-order valence-electron chi connectivity index (χ2n) is 10.8. The van der Waals surface area contributed by atoms with Crippen LogP contribution in [0.15, 0.2) is 70.4 Å². The molecule has 11 heteroatoms. The number of benzene rings is 2. The maximum absolute atomic E-state index is 13.8. The van der Waals surface area contributed by atoms with E-state index in [0.717, 1.165) is 37.3 Å². The number of aromatic nitrogens is 2. The molecule has 0 fully saturated rings. The first kappa shape index (κ1) is 30.8. The van der Waals surface area contributed by atoms with Gasteiger partial charge in [-0.1, -0.05) is 72.6 Å². The van der Waals surface area contributed by atoms with Gasteiger partial charge in [0.05, 0.1) is 11.9 Å².